The quantitative estimate of drug-likeness (QED) is 0.0607. The van der Waals surface area contributed by atoms with E-state index in [1.807, 2.05) is 0 Å². The fraction of sp³-hybridized carbons (Fsp3) is 0.812. The van der Waals surface area contributed by atoms with Crippen LogP contribution in [-0.2, 0) is 28.8 Å². The molecule has 0 radical (unpaired) electrons. The molecule has 346 valence electrons. The Bertz CT molecular complexity index is 1060. The average Bonchev–Trinajstić information content (AvgIpc) is 2.94. The van der Waals surface area contributed by atoms with Gasteiger partial charge in [0.25, 0.3) is 0 Å². The van der Waals surface area contributed by atoms with Crippen LogP contribution in [0, 0.1) is 120 Å². The Morgan fingerprint density at radius 1 is 0.305 bits per heavy atom. The predicted octanol–water partition coefficient (Wildman–Crippen LogP) is -6.25. The molecule has 27 heteroatoms. The summed E-state index contributed by atoms with van der Waals surface area (Å²) in [5.74, 6) is -7.28. The van der Waals surface area contributed by atoms with Crippen molar-refractivity contribution in [3.63, 3.8) is 0 Å². The van der Waals surface area contributed by atoms with Gasteiger partial charge in [0.15, 0.2) is 0 Å². The molecule has 0 bridgehead atoms. The Morgan fingerprint density at radius 2 is 0.390 bits per heavy atom. The summed E-state index contributed by atoms with van der Waals surface area (Å²) in [5, 5.41) is 118. The van der Waals surface area contributed by atoms with Gasteiger partial charge in [-0.2, -0.15) is 0 Å². The summed E-state index contributed by atoms with van der Waals surface area (Å²) in [4.78, 5) is 73.2. The third-order valence-corrected chi connectivity index (χ3v) is 9.56. The van der Waals surface area contributed by atoms with Crippen molar-refractivity contribution in [1.29, 1.82) is 0 Å². The Hall–Kier alpha value is 0.314. The number of aliphatic hydroxyl groups excluding tert-OH is 6. The van der Waals surface area contributed by atoms with Crippen molar-refractivity contribution in [2.75, 3.05) is 81.6 Å². The predicted molar refractivity (Wildman–Crippen MR) is 194 cm³/mol. The standard InChI is InChI=1S/2C15H27N3O9.2CH4.3Gd/c2*1-16(4-7(19)20)10-13(25)11(17(2)5-8(21)22)15(27)12(14(10)26)18(3)6-9(23)24;;;;;/h2*10-15,25-27H,4-6H2,1-3H3,(H,19,20)(H,21,22)(H,23,24);2*1H4;;;/q;;;;3*+2. The van der Waals surface area contributed by atoms with Crippen LogP contribution in [0.5, 0.6) is 0 Å². The van der Waals surface area contributed by atoms with Crippen molar-refractivity contribution in [2.24, 2.45) is 0 Å². The zero-order chi connectivity index (χ0) is 42.1. The molecule has 2 fully saturated rings. The fourth-order valence-corrected chi connectivity index (χ4v) is 7.47. The summed E-state index contributed by atoms with van der Waals surface area (Å²) in [6.07, 6.45) is -8.93. The molecule has 0 aromatic rings. The molecule has 2 aliphatic carbocycles. The first-order chi connectivity index (χ1) is 24.8. The smallest absolute Gasteiger partial charge is 0.480 e. The molecule has 0 amide bonds. The minimum absolute atomic E-state index is 0. The molecule has 24 nitrogen and oxygen atoms in total. The van der Waals surface area contributed by atoms with Crippen molar-refractivity contribution < 1.29 is 210 Å². The van der Waals surface area contributed by atoms with E-state index < -0.39 is 148 Å². The molecule has 2 rings (SSSR count). The summed E-state index contributed by atoms with van der Waals surface area (Å²) in [5.41, 5.74) is 0. The SMILES string of the molecule is C.C.CN(CC(=O)O)C1C(O)C(N(C)CC(=O)O)C(O)C(N(C)CC(=O)O)C1O.CN(CC(=O)O)C1C(O)C(N(C)CC(=O)O)C(O)C(N(C)CC(=O)O)C1O.[Gd+2].[Gd+2].[Gd+2]. The number of likely N-dealkylation sites (N-methyl/N-ethyl adjacent to an activating group) is 6. The van der Waals surface area contributed by atoms with Crippen molar-refractivity contribution in [1.82, 2.24) is 29.4 Å². The normalized spacial score (nSPS) is 28.8. The first kappa shape index (κ1) is 68.4. The molecular formula is C32H62Gd3N6O18+6. The summed E-state index contributed by atoms with van der Waals surface area (Å²) in [6.45, 7) is -3.17. The Balaban J connectivity index is -0.000000304. The zero-order valence-electron chi connectivity index (χ0n) is 31.7. The average molecular weight is 1290 g/mol. The van der Waals surface area contributed by atoms with Gasteiger partial charge in [-0.3, -0.25) is 58.2 Å². The summed E-state index contributed by atoms with van der Waals surface area (Å²) < 4.78 is 0. The molecule has 0 atom stereocenters. The molecule has 12 N–H and O–H groups in total. The minimum Gasteiger partial charge on any atom is -0.480 e. The number of nitrogens with zero attached hydrogens (tertiary/aromatic N) is 6. The molecular weight excluding hydrogens is 1230 g/mol. The van der Waals surface area contributed by atoms with E-state index in [-0.39, 0.29) is 135 Å². The van der Waals surface area contributed by atoms with Crippen molar-refractivity contribution in [3.8, 4) is 0 Å². The first-order valence-electron chi connectivity index (χ1n) is 16.4. The van der Waals surface area contributed by atoms with E-state index in [1.54, 1.807) is 0 Å². The zero-order valence-corrected chi connectivity index (χ0v) is 38.5. The molecule has 0 aliphatic heterocycles. The second-order valence-corrected chi connectivity index (χ2v) is 13.7. The van der Waals surface area contributed by atoms with Crippen LogP contribution in [0.2, 0.25) is 0 Å². The van der Waals surface area contributed by atoms with Gasteiger partial charge in [-0.15, -0.1) is 0 Å². The monoisotopic (exact) mass is 1290 g/mol. The second-order valence-electron chi connectivity index (χ2n) is 13.7. The third-order valence-electron chi connectivity index (χ3n) is 9.56. The number of aliphatic carboxylic acids is 6. The second kappa shape index (κ2) is 31.2. The molecule has 2 saturated carbocycles. The van der Waals surface area contributed by atoms with Crippen LogP contribution < -0.4 is 0 Å². The van der Waals surface area contributed by atoms with Gasteiger partial charge in [0.2, 0.25) is 0 Å². The number of hydrogen-bond acceptors (Lipinski definition) is 18. The third kappa shape index (κ3) is 19.9. The fourth-order valence-electron chi connectivity index (χ4n) is 7.47. The number of hydrogen-bond donors (Lipinski definition) is 12. The van der Waals surface area contributed by atoms with Crippen molar-refractivity contribution in [3.05, 3.63) is 0 Å². The number of rotatable bonds is 18. The van der Waals surface area contributed by atoms with Gasteiger partial charge >= 0.3 is 156 Å². The van der Waals surface area contributed by atoms with E-state index in [2.05, 4.69) is 0 Å². The van der Waals surface area contributed by atoms with Crippen LogP contribution in [0.25, 0.3) is 0 Å². The van der Waals surface area contributed by atoms with Crippen LogP contribution in [0.1, 0.15) is 14.9 Å². The van der Waals surface area contributed by atoms with Crippen LogP contribution in [-0.4, -0.2) is 281 Å². The van der Waals surface area contributed by atoms with Gasteiger partial charge in [-0.1, -0.05) is 14.9 Å². The molecule has 0 aromatic heterocycles. The molecule has 2 aliphatic rings. The van der Waals surface area contributed by atoms with E-state index in [1.165, 1.54) is 71.7 Å². The number of carboxylic acid groups (broad SMARTS) is 6. The van der Waals surface area contributed by atoms with Crippen LogP contribution in [0.3, 0.4) is 0 Å². The van der Waals surface area contributed by atoms with Crippen LogP contribution in [0.4, 0.5) is 0 Å². The van der Waals surface area contributed by atoms with Gasteiger partial charge in [0, 0.05) is 0 Å². The summed E-state index contributed by atoms with van der Waals surface area (Å²) >= 11 is 0. The Morgan fingerprint density at radius 3 is 0.458 bits per heavy atom. The van der Waals surface area contributed by atoms with E-state index in [0.717, 1.165) is 0 Å². The van der Waals surface area contributed by atoms with Crippen LogP contribution in [0.15, 0.2) is 0 Å². The van der Waals surface area contributed by atoms with Crippen molar-refractivity contribution in [2.45, 2.75) is 87.7 Å². The number of carbonyl (C=O) groups is 6. The first-order valence-corrected chi connectivity index (χ1v) is 16.4. The van der Waals surface area contributed by atoms with Gasteiger partial charge in [-0.05, 0) is 42.3 Å². The molecule has 0 heterocycles. The van der Waals surface area contributed by atoms with Gasteiger partial charge in [0.05, 0.1) is 112 Å². The molecule has 0 unspecified atom stereocenters. The molecule has 0 spiro atoms. The maximum atomic E-state index is 11.0. The van der Waals surface area contributed by atoms with E-state index in [9.17, 15) is 59.4 Å². The van der Waals surface area contributed by atoms with E-state index >= 15 is 0 Å². The number of aliphatic hydroxyl groups is 6. The van der Waals surface area contributed by atoms with E-state index in [0.29, 0.717) is 0 Å². The van der Waals surface area contributed by atoms with Crippen LogP contribution >= 0.6 is 0 Å². The largest absolute Gasteiger partial charge is 2.00 e. The summed E-state index contributed by atoms with van der Waals surface area (Å²) in [7, 11) is 8.12. The maximum absolute atomic E-state index is 11.0. The number of carboxylic acids is 6. The maximum Gasteiger partial charge on any atom is 2.00 e. The van der Waals surface area contributed by atoms with Crippen molar-refractivity contribution >= 4 is 35.8 Å². The molecule has 0 aromatic carbocycles. The van der Waals surface area contributed by atoms with Gasteiger partial charge < -0.3 is 61.3 Å². The Labute approximate surface area is 439 Å². The molecule has 0 saturated heterocycles. The minimum atomic E-state index is -1.49. The topological polar surface area (TPSA) is 365 Å². The Kier molecular flexibility index (Phi) is 36.2. The molecule has 59 heavy (non-hydrogen) atoms. The van der Waals surface area contributed by atoms with E-state index in [4.69, 9.17) is 30.6 Å². The van der Waals surface area contributed by atoms with Gasteiger partial charge in [0.1, 0.15) is 0 Å². The van der Waals surface area contributed by atoms with Gasteiger partial charge in [-0.25, -0.2) is 0 Å². The summed E-state index contributed by atoms with van der Waals surface area (Å²) in [6, 6.07) is -7.04.